The third kappa shape index (κ3) is 3.68. The molecule has 0 fully saturated rings. The van der Waals surface area contributed by atoms with Gasteiger partial charge in [0, 0.05) is 16.6 Å². The molecule has 0 radical (unpaired) electrons. The van der Waals surface area contributed by atoms with Crippen molar-refractivity contribution in [2.75, 3.05) is 11.9 Å². The van der Waals surface area contributed by atoms with Gasteiger partial charge in [-0.25, -0.2) is 0 Å². The maximum Gasteiger partial charge on any atom is 0.431 e. The molecule has 124 valence electrons. The number of para-hydroxylation sites is 1. The molecular formula is C17H13F3N2O2. The molecule has 0 aliphatic carbocycles. The molecule has 0 aliphatic rings. The summed E-state index contributed by atoms with van der Waals surface area (Å²) in [6, 6.07) is 14.3. The number of rotatable bonds is 4. The number of hydrogen-bond donors (Lipinski definition) is 2. The van der Waals surface area contributed by atoms with Crippen molar-refractivity contribution in [1.29, 1.82) is 0 Å². The van der Waals surface area contributed by atoms with Gasteiger partial charge in [0.25, 0.3) is 5.91 Å². The molecule has 3 aromatic rings. The molecule has 1 heterocycles. The van der Waals surface area contributed by atoms with Gasteiger partial charge in [-0.3, -0.25) is 4.79 Å². The SMILES string of the molecule is O=C(COc1ccccc1)Nc1ccc2[nH]c(C(F)(F)F)cc2c1. The van der Waals surface area contributed by atoms with Gasteiger partial charge >= 0.3 is 6.18 Å². The molecule has 0 bridgehead atoms. The van der Waals surface area contributed by atoms with Gasteiger partial charge in [0.05, 0.1) is 0 Å². The van der Waals surface area contributed by atoms with E-state index in [1.54, 1.807) is 24.3 Å². The predicted molar refractivity (Wildman–Crippen MR) is 83.9 cm³/mol. The summed E-state index contributed by atoms with van der Waals surface area (Å²) in [6.07, 6.45) is -4.44. The number of benzene rings is 2. The summed E-state index contributed by atoms with van der Waals surface area (Å²) in [4.78, 5) is 14.2. The van der Waals surface area contributed by atoms with Crippen molar-refractivity contribution >= 4 is 22.5 Å². The highest BCUT2D eigenvalue weighted by Gasteiger charge is 2.32. The number of carbonyl (C=O) groups is 1. The molecule has 2 aromatic carbocycles. The van der Waals surface area contributed by atoms with Crippen molar-refractivity contribution in [3.05, 3.63) is 60.3 Å². The Hall–Kier alpha value is -2.96. The van der Waals surface area contributed by atoms with Gasteiger partial charge in [0.1, 0.15) is 11.4 Å². The van der Waals surface area contributed by atoms with Gasteiger partial charge in [0.2, 0.25) is 0 Å². The lowest BCUT2D eigenvalue weighted by Crippen LogP contribution is -2.20. The number of amides is 1. The number of nitrogens with one attached hydrogen (secondary N) is 2. The Morgan fingerprint density at radius 2 is 1.83 bits per heavy atom. The number of aromatic nitrogens is 1. The Kier molecular flexibility index (Phi) is 4.16. The lowest BCUT2D eigenvalue weighted by Gasteiger charge is -2.07. The second kappa shape index (κ2) is 6.27. The van der Waals surface area contributed by atoms with Crippen LogP contribution in [0.4, 0.5) is 18.9 Å². The summed E-state index contributed by atoms with van der Waals surface area (Å²) in [5, 5.41) is 2.96. The molecule has 1 aromatic heterocycles. The highest BCUT2D eigenvalue weighted by atomic mass is 19.4. The fourth-order valence-corrected chi connectivity index (χ4v) is 2.23. The van der Waals surface area contributed by atoms with Crippen LogP contribution >= 0.6 is 0 Å². The highest BCUT2D eigenvalue weighted by molar-refractivity contribution is 5.94. The van der Waals surface area contributed by atoms with Crippen LogP contribution < -0.4 is 10.1 Å². The molecule has 0 spiro atoms. The van der Waals surface area contributed by atoms with Gasteiger partial charge in [0.15, 0.2) is 6.61 Å². The van der Waals surface area contributed by atoms with E-state index in [1.807, 2.05) is 6.07 Å². The number of ether oxygens (including phenoxy) is 1. The first-order valence-corrected chi connectivity index (χ1v) is 7.09. The number of halogens is 3. The third-order valence-corrected chi connectivity index (χ3v) is 3.32. The van der Waals surface area contributed by atoms with E-state index < -0.39 is 17.8 Å². The Morgan fingerprint density at radius 3 is 2.54 bits per heavy atom. The number of H-pyrrole nitrogens is 1. The molecular weight excluding hydrogens is 321 g/mol. The number of anilines is 1. The molecule has 0 atom stereocenters. The van der Waals surface area contributed by atoms with E-state index in [-0.39, 0.29) is 6.61 Å². The fourth-order valence-electron chi connectivity index (χ4n) is 2.23. The van der Waals surface area contributed by atoms with E-state index in [2.05, 4.69) is 10.3 Å². The van der Waals surface area contributed by atoms with Gasteiger partial charge in [-0.15, -0.1) is 0 Å². The second-order valence-corrected chi connectivity index (χ2v) is 5.13. The summed E-state index contributed by atoms with van der Waals surface area (Å²) in [5.74, 6) is 0.160. The second-order valence-electron chi connectivity index (χ2n) is 5.13. The third-order valence-electron chi connectivity index (χ3n) is 3.32. The Morgan fingerprint density at radius 1 is 1.08 bits per heavy atom. The molecule has 0 saturated carbocycles. The van der Waals surface area contributed by atoms with E-state index >= 15 is 0 Å². The number of carbonyl (C=O) groups excluding carboxylic acids is 1. The Labute approximate surface area is 135 Å². The zero-order chi connectivity index (χ0) is 17.2. The number of aromatic amines is 1. The van der Waals surface area contributed by atoms with Gasteiger partial charge in [-0.1, -0.05) is 18.2 Å². The quantitative estimate of drug-likeness (QED) is 0.751. The average Bonchev–Trinajstić information content (AvgIpc) is 2.97. The van der Waals surface area contributed by atoms with Crippen molar-refractivity contribution in [3.8, 4) is 5.75 Å². The summed E-state index contributed by atoms with van der Waals surface area (Å²) in [6.45, 7) is -0.191. The first kappa shape index (κ1) is 15.9. The minimum absolute atomic E-state index is 0.191. The lowest BCUT2D eigenvalue weighted by atomic mass is 10.2. The summed E-state index contributed by atoms with van der Waals surface area (Å²) < 4.78 is 43.4. The molecule has 2 N–H and O–H groups in total. The zero-order valence-electron chi connectivity index (χ0n) is 12.4. The first-order chi connectivity index (χ1) is 11.4. The summed E-state index contributed by atoms with van der Waals surface area (Å²) in [5.41, 5.74) is -0.0777. The molecule has 4 nitrogen and oxygen atoms in total. The molecule has 0 aliphatic heterocycles. The standard InChI is InChI=1S/C17H13F3N2O2/c18-17(19,20)15-9-11-8-12(6-7-14(11)22-15)21-16(23)10-24-13-4-2-1-3-5-13/h1-9,22H,10H2,(H,21,23). The van der Waals surface area contributed by atoms with Gasteiger partial charge in [-0.05, 0) is 36.4 Å². The average molecular weight is 334 g/mol. The van der Waals surface area contributed by atoms with Crippen LogP contribution in [0.15, 0.2) is 54.6 Å². The normalized spacial score (nSPS) is 11.5. The van der Waals surface area contributed by atoms with E-state index in [9.17, 15) is 18.0 Å². The van der Waals surface area contributed by atoms with E-state index in [0.29, 0.717) is 22.3 Å². The molecule has 24 heavy (non-hydrogen) atoms. The Bertz CT molecular complexity index is 857. The zero-order valence-corrected chi connectivity index (χ0v) is 12.4. The van der Waals surface area contributed by atoms with Crippen molar-refractivity contribution in [2.24, 2.45) is 0 Å². The first-order valence-electron chi connectivity index (χ1n) is 7.09. The molecule has 3 rings (SSSR count). The van der Waals surface area contributed by atoms with E-state index in [1.165, 1.54) is 18.2 Å². The van der Waals surface area contributed by atoms with Crippen LogP contribution in [0.1, 0.15) is 5.69 Å². The van der Waals surface area contributed by atoms with Crippen LogP contribution in [0.3, 0.4) is 0 Å². The van der Waals surface area contributed by atoms with Crippen LogP contribution in [-0.4, -0.2) is 17.5 Å². The number of alkyl halides is 3. The monoisotopic (exact) mass is 334 g/mol. The summed E-state index contributed by atoms with van der Waals surface area (Å²) >= 11 is 0. The molecule has 1 amide bonds. The van der Waals surface area contributed by atoms with Crippen molar-refractivity contribution in [3.63, 3.8) is 0 Å². The van der Waals surface area contributed by atoms with Crippen LogP contribution in [0.2, 0.25) is 0 Å². The highest BCUT2D eigenvalue weighted by Crippen LogP contribution is 2.31. The van der Waals surface area contributed by atoms with Crippen molar-refractivity contribution in [2.45, 2.75) is 6.18 Å². The smallest absolute Gasteiger partial charge is 0.431 e. The molecule has 7 heteroatoms. The fraction of sp³-hybridized carbons (Fsp3) is 0.118. The van der Waals surface area contributed by atoms with Crippen LogP contribution in [-0.2, 0) is 11.0 Å². The number of hydrogen-bond acceptors (Lipinski definition) is 2. The Balaban J connectivity index is 1.67. The lowest BCUT2D eigenvalue weighted by molar-refractivity contribution is -0.140. The van der Waals surface area contributed by atoms with Crippen LogP contribution in [0.25, 0.3) is 10.9 Å². The minimum Gasteiger partial charge on any atom is -0.484 e. The van der Waals surface area contributed by atoms with Gasteiger partial charge < -0.3 is 15.0 Å². The number of fused-ring (bicyclic) bond motifs is 1. The van der Waals surface area contributed by atoms with Crippen LogP contribution in [0, 0.1) is 0 Å². The van der Waals surface area contributed by atoms with Gasteiger partial charge in [-0.2, -0.15) is 13.2 Å². The van der Waals surface area contributed by atoms with Crippen molar-refractivity contribution in [1.82, 2.24) is 4.98 Å². The topological polar surface area (TPSA) is 54.1 Å². The molecule has 0 unspecified atom stereocenters. The minimum atomic E-state index is -4.44. The largest absolute Gasteiger partial charge is 0.484 e. The predicted octanol–water partition coefficient (Wildman–Crippen LogP) is 4.20. The van der Waals surface area contributed by atoms with Crippen molar-refractivity contribution < 1.29 is 22.7 Å². The maximum absolute atomic E-state index is 12.7. The van der Waals surface area contributed by atoms with Crippen LogP contribution in [0.5, 0.6) is 5.75 Å². The summed E-state index contributed by atoms with van der Waals surface area (Å²) in [7, 11) is 0. The molecule has 0 saturated heterocycles. The maximum atomic E-state index is 12.7. The van der Waals surface area contributed by atoms with E-state index in [0.717, 1.165) is 6.07 Å². The van der Waals surface area contributed by atoms with E-state index in [4.69, 9.17) is 4.74 Å².